The number of hydrogen-bond acceptors (Lipinski definition) is 8. The van der Waals surface area contributed by atoms with Crippen molar-refractivity contribution in [3.05, 3.63) is 45.6 Å². The first-order valence-electron chi connectivity index (χ1n) is 8.31. The van der Waals surface area contributed by atoms with Crippen molar-refractivity contribution in [2.24, 2.45) is 4.99 Å². The van der Waals surface area contributed by atoms with Crippen LogP contribution in [0.25, 0.3) is 0 Å². The minimum absolute atomic E-state index is 0.0498. The molecule has 3 rings (SSSR count). The number of sulfonamides is 1. The number of halogens is 1. The predicted molar refractivity (Wildman–Crippen MR) is 111 cm³/mol. The summed E-state index contributed by atoms with van der Waals surface area (Å²) in [7, 11) is -3.06. The van der Waals surface area contributed by atoms with Crippen molar-refractivity contribution in [2.75, 3.05) is 12.4 Å². The van der Waals surface area contributed by atoms with Crippen LogP contribution in [0.5, 0.6) is 0 Å². The van der Waals surface area contributed by atoms with Gasteiger partial charge in [0, 0.05) is 7.05 Å². The van der Waals surface area contributed by atoms with Gasteiger partial charge in [0.25, 0.3) is 21.7 Å². The average Bonchev–Trinajstić information content (AvgIpc) is 3.13. The summed E-state index contributed by atoms with van der Waals surface area (Å²) < 4.78 is 26.6. The molecule has 1 aliphatic rings. The van der Waals surface area contributed by atoms with E-state index in [1.807, 2.05) is 4.72 Å². The summed E-state index contributed by atoms with van der Waals surface area (Å²) in [4.78, 5) is 52.0. The van der Waals surface area contributed by atoms with Crippen molar-refractivity contribution in [3.63, 3.8) is 0 Å². The van der Waals surface area contributed by atoms with Crippen LogP contribution >= 0.6 is 22.9 Å². The van der Waals surface area contributed by atoms with Crippen LogP contribution in [0.2, 0.25) is 5.02 Å². The van der Waals surface area contributed by atoms with Gasteiger partial charge in [-0.05, 0) is 23.6 Å². The molecule has 1 aromatic carbocycles. The van der Waals surface area contributed by atoms with E-state index in [1.165, 1.54) is 42.8 Å². The van der Waals surface area contributed by atoms with Crippen molar-refractivity contribution < 1.29 is 32.7 Å². The zero-order valence-electron chi connectivity index (χ0n) is 15.5. The summed E-state index contributed by atoms with van der Waals surface area (Å²) in [5.41, 5.74) is 0.0498. The molecule has 11 nitrogen and oxygen atoms in total. The third kappa shape index (κ3) is 4.42. The van der Waals surface area contributed by atoms with Crippen molar-refractivity contribution in [1.82, 2.24) is 9.62 Å². The molecule has 2 aromatic rings. The lowest BCUT2D eigenvalue weighted by Gasteiger charge is -2.25. The highest BCUT2D eigenvalue weighted by Crippen LogP contribution is 2.27. The zero-order chi connectivity index (χ0) is 22.9. The number of carbonyl (C=O) groups excluding carboxylic acids is 3. The first kappa shape index (κ1) is 22.4. The highest BCUT2D eigenvalue weighted by molar-refractivity contribution is 7.90. The van der Waals surface area contributed by atoms with E-state index in [1.54, 1.807) is 0 Å². The second-order valence-corrected chi connectivity index (χ2v) is 9.05. The number of aliphatic imine (C=N–C) groups is 1. The van der Waals surface area contributed by atoms with Crippen LogP contribution in [-0.2, 0) is 24.4 Å². The number of anilines is 1. The molecule has 0 radical (unpaired) electrons. The lowest BCUT2D eigenvalue weighted by molar-refractivity contribution is -0.149. The van der Waals surface area contributed by atoms with Gasteiger partial charge in [0.15, 0.2) is 5.84 Å². The number of urea groups is 1. The number of amidine groups is 1. The maximum absolute atomic E-state index is 12.4. The largest absolute Gasteiger partial charge is 0.479 e. The smallest absolute Gasteiger partial charge is 0.336 e. The number of aliphatic carboxylic acids is 1. The van der Waals surface area contributed by atoms with Crippen LogP contribution < -0.4 is 10.0 Å². The number of amides is 3. The summed E-state index contributed by atoms with van der Waals surface area (Å²) in [6.07, 6.45) is 0. The fraction of sp³-hybridized carbons (Fsp3) is 0.118. The Morgan fingerprint density at radius 2 is 1.90 bits per heavy atom. The summed E-state index contributed by atoms with van der Waals surface area (Å²) >= 11 is 6.86. The second-order valence-electron chi connectivity index (χ2n) is 6.08. The Hall–Kier alpha value is -3.29. The average molecular weight is 485 g/mol. The second kappa shape index (κ2) is 8.45. The molecule has 2 heterocycles. The van der Waals surface area contributed by atoms with Gasteiger partial charge in [0.1, 0.15) is 4.90 Å². The number of thiophene rings is 1. The standard InChI is InChI=1S/C17H13ClN4O7S2/c1-22-14(20-11(16(25)26)12(23)15(22)24)13-9(6-7-30-13)19-17(27)21-31(28,29)10-5-3-2-4-8(10)18/h2-7,11H,1H3,(H,25,26)(H2,19,21,27). The number of nitrogens with zero attached hydrogens (tertiary/aromatic N) is 2. The molecule has 0 saturated carbocycles. The molecule has 0 spiro atoms. The number of carboxylic acids is 1. The van der Waals surface area contributed by atoms with Gasteiger partial charge in [-0.1, -0.05) is 23.7 Å². The van der Waals surface area contributed by atoms with E-state index >= 15 is 0 Å². The Bertz CT molecular complexity index is 1240. The van der Waals surface area contributed by atoms with E-state index in [4.69, 9.17) is 16.7 Å². The highest BCUT2D eigenvalue weighted by atomic mass is 35.5. The van der Waals surface area contributed by atoms with Crippen LogP contribution in [0.15, 0.2) is 45.6 Å². The van der Waals surface area contributed by atoms with Gasteiger partial charge in [-0.15, -0.1) is 11.3 Å². The first-order chi connectivity index (χ1) is 14.5. The van der Waals surface area contributed by atoms with E-state index in [9.17, 15) is 27.6 Å². The number of hydrogen-bond donors (Lipinski definition) is 3. The van der Waals surface area contributed by atoms with Gasteiger partial charge in [-0.25, -0.2) is 27.7 Å². The lowest BCUT2D eigenvalue weighted by Crippen LogP contribution is -2.50. The van der Waals surface area contributed by atoms with Crippen molar-refractivity contribution >= 4 is 68.2 Å². The van der Waals surface area contributed by atoms with Gasteiger partial charge in [0.2, 0.25) is 6.04 Å². The number of nitrogens with one attached hydrogen (secondary N) is 2. The molecule has 1 aromatic heterocycles. The van der Waals surface area contributed by atoms with Crippen molar-refractivity contribution in [1.29, 1.82) is 0 Å². The molecule has 0 aliphatic carbocycles. The predicted octanol–water partition coefficient (Wildman–Crippen LogP) is 1.15. The maximum atomic E-state index is 12.4. The van der Waals surface area contributed by atoms with Crippen LogP contribution in [-0.4, -0.2) is 61.0 Å². The van der Waals surface area contributed by atoms with E-state index in [-0.39, 0.29) is 26.3 Å². The molecule has 3 N–H and O–H groups in total. The summed E-state index contributed by atoms with van der Waals surface area (Å²) in [5.74, 6) is -4.04. The van der Waals surface area contributed by atoms with Gasteiger partial charge in [0.05, 0.1) is 15.6 Å². The number of carbonyl (C=O) groups is 4. The Morgan fingerprint density at radius 3 is 2.55 bits per heavy atom. The summed E-state index contributed by atoms with van der Waals surface area (Å²) in [6.45, 7) is 0. The Morgan fingerprint density at radius 1 is 1.23 bits per heavy atom. The molecule has 31 heavy (non-hydrogen) atoms. The minimum Gasteiger partial charge on any atom is -0.479 e. The number of carboxylic acid groups (broad SMARTS) is 1. The molecule has 3 amide bonds. The highest BCUT2D eigenvalue weighted by Gasteiger charge is 2.40. The molecular formula is C17H13ClN4O7S2. The van der Waals surface area contributed by atoms with E-state index < -0.39 is 39.8 Å². The van der Waals surface area contributed by atoms with E-state index in [2.05, 4.69) is 10.3 Å². The molecule has 162 valence electrons. The van der Waals surface area contributed by atoms with Crippen molar-refractivity contribution in [3.8, 4) is 0 Å². The quantitative estimate of drug-likeness (QED) is 0.423. The number of benzene rings is 1. The molecule has 1 atom stereocenters. The minimum atomic E-state index is -4.29. The fourth-order valence-corrected chi connectivity index (χ4v) is 4.90. The number of rotatable bonds is 5. The normalized spacial score (nSPS) is 16.6. The third-order valence-electron chi connectivity index (χ3n) is 4.04. The van der Waals surface area contributed by atoms with Crippen LogP contribution in [0, 0.1) is 0 Å². The van der Waals surface area contributed by atoms with Crippen LogP contribution in [0.3, 0.4) is 0 Å². The van der Waals surface area contributed by atoms with Gasteiger partial charge < -0.3 is 10.4 Å². The molecular weight excluding hydrogens is 472 g/mol. The molecule has 1 unspecified atom stereocenters. The fourth-order valence-electron chi connectivity index (χ4n) is 2.59. The van der Waals surface area contributed by atoms with Gasteiger partial charge in [-0.2, -0.15) is 0 Å². The lowest BCUT2D eigenvalue weighted by atomic mass is 10.1. The maximum Gasteiger partial charge on any atom is 0.336 e. The van der Waals surface area contributed by atoms with Crippen molar-refractivity contribution in [2.45, 2.75) is 10.9 Å². The molecule has 0 fully saturated rings. The summed E-state index contributed by atoms with van der Waals surface area (Å²) in [5, 5.41) is 12.9. The summed E-state index contributed by atoms with van der Waals surface area (Å²) in [6, 6.07) is 3.88. The van der Waals surface area contributed by atoms with Gasteiger partial charge in [-0.3, -0.25) is 14.5 Å². The molecule has 0 bridgehead atoms. The molecule has 0 saturated heterocycles. The number of ketones is 1. The Balaban J connectivity index is 1.87. The molecule has 1 aliphatic heterocycles. The topological polar surface area (TPSA) is 162 Å². The third-order valence-corrected chi connectivity index (χ3v) is 6.78. The Labute approximate surface area is 184 Å². The number of Topliss-reactive ketones (excluding diaryl/α,β-unsaturated/α-hetero) is 1. The monoisotopic (exact) mass is 484 g/mol. The zero-order valence-corrected chi connectivity index (χ0v) is 17.9. The van der Waals surface area contributed by atoms with E-state index in [0.29, 0.717) is 0 Å². The molecule has 14 heteroatoms. The van der Waals surface area contributed by atoms with E-state index in [0.717, 1.165) is 16.2 Å². The van der Waals surface area contributed by atoms with Gasteiger partial charge >= 0.3 is 12.0 Å². The van der Waals surface area contributed by atoms with Crippen LogP contribution in [0.4, 0.5) is 10.5 Å². The SMILES string of the molecule is CN1C(=O)C(=O)C(C(=O)O)N=C1c1sccc1NC(=O)NS(=O)(=O)c1ccccc1Cl. The number of likely N-dealkylation sites (N-methyl/N-ethyl adjacent to an activating group) is 1. The first-order valence-corrected chi connectivity index (χ1v) is 11.1. The van der Waals surface area contributed by atoms with Crippen LogP contribution in [0.1, 0.15) is 4.88 Å². The Kier molecular flexibility index (Phi) is 6.10.